The van der Waals surface area contributed by atoms with Gasteiger partial charge in [0, 0.05) is 25.0 Å². The molecule has 2 heterocycles. The highest BCUT2D eigenvalue weighted by Crippen LogP contribution is 2.19. The van der Waals surface area contributed by atoms with E-state index in [0.717, 1.165) is 32.5 Å². The SMILES string of the molecule is CCc1nc(CN2CCC(O)C(C)C2)cs1. The average molecular weight is 240 g/mol. The predicted octanol–water partition coefficient (Wildman–Crippen LogP) is 1.91. The lowest BCUT2D eigenvalue weighted by Gasteiger charge is -2.33. The van der Waals surface area contributed by atoms with Crippen LogP contribution in [0.5, 0.6) is 0 Å². The second kappa shape index (κ2) is 5.25. The molecule has 0 amide bonds. The Hall–Kier alpha value is -0.450. The first kappa shape index (κ1) is 12.0. The Kier molecular flexibility index (Phi) is 3.95. The molecule has 0 radical (unpaired) electrons. The molecule has 1 saturated heterocycles. The summed E-state index contributed by atoms with van der Waals surface area (Å²) in [7, 11) is 0. The van der Waals surface area contributed by atoms with Crippen molar-refractivity contribution < 1.29 is 5.11 Å². The summed E-state index contributed by atoms with van der Waals surface area (Å²) in [4.78, 5) is 6.98. The summed E-state index contributed by atoms with van der Waals surface area (Å²) < 4.78 is 0. The molecule has 0 bridgehead atoms. The number of aryl methyl sites for hydroxylation is 1. The fourth-order valence-electron chi connectivity index (χ4n) is 2.18. The van der Waals surface area contributed by atoms with Crippen LogP contribution >= 0.6 is 11.3 Å². The first-order valence-corrected chi connectivity index (χ1v) is 6.90. The van der Waals surface area contributed by atoms with Crippen LogP contribution < -0.4 is 0 Å². The van der Waals surface area contributed by atoms with Gasteiger partial charge in [0.25, 0.3) is 0 Å². The van der Waals surface area contributed by atoms with Crippen molar-refractivity contribution in [1.29, 1.82) is 0 Å². The van der Waals surface area contributed by atoms with Gasteiger partial charge in [-0.15, -0.1) is 11.3 Å². The molecular formula is C12H20N2OS. The van der Waals surface area contributed by atoms with Gasteiger partial charge in [-0.2, -0.15) is 0 Å². The molecule has 1 aromatic heterocycles. The van der Waals surface area contributed by atoms with Gasteiger partial charge >= 0.3 is 0 Å². The van der Waals surface area contributed by atoms with Crippen LogP contribution in [0.4, 0.5) is 0 Å². The minimum atomic E-state index is -0.113. The fourth-order valence-corrected chi connectivity index (χ4v) is 2.91. The van der Waals surface area contributed by atoms with Crippen molar-refractivity contribution in [3.63, 3.8) is 0 Å². The van der Waals surface area contributed by atoms with Crippen LogP contribution in [-0.4, -0.2) is 34.2 Å². The topological polar surface area (TPSA) is 36.4 Å². The number of thiazole rings is 1. The Morgan fingerprint density at radius 1 is 1.62 bits per heavy atom. The minimum absolute atomic E-state index is 0.113. The van der Waals surface area contributed by atoms with Crippen molar-refractivity contribution in [2.45, 2.75) is 39.3 Å². The van der Waals surface area contributed by atoms with Crippen LogP contribution in [0.1, 0.15) is 31.0 Å². The Balaban J connectivity index is 1.90. The van der Waals surface area contributed by atoms with Crippen molar-refractivity contribution in [2.24, 2.45) is 5.92 Å². The summed E-state index contributed by atoms with van der Waals surface area (Å²) in [6.07, 6.45) is 1.81. The van der Waals surface area contributed by atoms with Gasteiger partial charge < -0.3 is 5.11 Å². The number of aromatic nitrogens is 1. The standard InChI is InChI=1S/C12H20N2OS/c1-3-12-13-10(8-16-12)7-14-5-4-11(15)9(2)6-14/h8-9,11,15H,3-7H2,1-2H3. The number of aliphatic hydroxyl groups is 1. The summed E-state index contributed by atoms with van der Waals surface area (Å²) in [6, 6.07) is 0. The number of nitrogens with zero attached hydrogens (tertiary/aromatic N) is 2. The first-order valence-electron chi connectivity index (χ1n) is 6.02. The maximum atomic E-state index is 9.66. The van der Waals surface area contributed by atoms with E-state index in [0.29, 0.717) is 5.92 Å². The second-order valence-corrected chi connectivity index (χ2v) is 5.60. The molecule has 1 aliphatic rings. The molecule has 0 aliphatic carbocycles. The third-order valence-electron chi connectivity index (χ3n) is 3.23. The summed E-state index contributed by atoms with van der Waals surface area (Å²) >= 11 is 1.75. The van der Waals surface area contributed by atoms with E-state index in [1.165, 1.54) is 10.7 Å². The lowest BCUT2D eigenvalue weighted by atomic mass is 9.97. The van der Waals surface area contributed by atoms with Gasteiger partial charge in [0.1, 0.15) is 0 Å². The van der Waals surface area contributed by atoms with E-state index < -0.39 is 0 Å². The maximum absolute atomic E-state index is 9.66. The molecule has 2 atom stereocenters. The maximum Gasteiger partial charge on any atom is 0.0926 e. The highest BCUT2D eigenvalue weighted by Gasteiger charge is 2.24. The Labute approximate surface area is 101 Å². The second-order valence-electron chi connectivity index (χ2n) is 4.65. The van der Waals surface area contributed by atoms with Crippen molar-refractivity contribution in [1.82, 2.24) is 9.88 Å². The van der Waals surface area contributed by atoms with E-state index >= 15 is 0 Å². The molecule has 0 spiro atoms. The van der Waals surface area contributed by atoms with Crippen LogP contribution in [0.25, 0.3) is 0 Å². The highest BCUT2D eigenvalue weighted by molar-refractivity contribution is 7.09. The fraction of sp³-hybridized carbons (Fsp3) is 0.750. The van der Waals surface area contributed by atoms with Crippen LogP contribution in [0.15, 0.2) is 5.38 Å². The first-order chi connectivity index (χ1) is 7.69. The zero-order valence-electron chi connectivity index (χ0n) is 10.0. The molecule has 3 nitrogen and oxygen atoms in total. The summed E-state index contributed by atoms with van der Waals surface area (Å²) in [5.41, 5.74) is 1.19. The average Bonchev–Trinajstić information content (AvgIpc) is 2.71. The van der Waals surface area contributed by atoms with Crippen molar-refractivity contribution in [3.05, 3.63) is 16.1 Å². The van der Waals surface area contributed by atoms with Gasteiger partial charge in [-0.25, -0.2) is 4.98 Å². The lowest BCUT2D eigenvalue weighted by Crippen LogP contribution is -2.41. The molecule has 90 valence electrons. The summed E-state index contributed by atoms with van der Waals surface area (Å²) in [5.74, 6) is 0.387. The molecule has 1 fully saturated rings. The largest absolute Gasteiger partial charge is 0.393 e. The molecule has 16 heavy (non-hydrogen) atoms. The van der Waals surface area contributed by atoms with Crippen LogP contribution in [0, 0.1) is 5.92 Å². The highest BCUT2D eigenvalue weighted by atomic mass is 32.1. The van der Waals surface area contributed by atoms with E-state index in [1.807, 2.05) is 0 Å². The minimum Gasteiger partial charge on any atom is -0.393 e. The monoisotopic (exact) mass is 240 g/mol. The molecule has 2 rings (SSSR count). The van der Waals surface area contributed by atoms with Gasteiger partial charge in [0.2, 0.25) is 0 Å². The Bertz CT molecular complexity index is 340. The predicted molar refractivity (Wildman–Crippen MR) is 66.6 cm³/mol. The number of hydrogen-bond acceptors (Lipinski definition) is 4. The third kappa shape index (κ3) is 2.81. The van der Waals surface area contributed by atoms with Gasteiger partial charge in [-0.3, -0.25) is 4.90 Å². The van der Waals surface area contributed by atoms with E-state index in [-0.39, 0.29) is 6.10 Å². The number of rotatable bonds is 3. The lowest BCUT2D eigenvalue weighted by molar-refractivity contribution is 0.0316. The molecule has 1 aromatic rings. The summed E-state index contributed by atoms with van der Waals surface area (Å²) in [5, 5.41) is 13.0. The molecule has 1 N–H and O–H groups in total. The van der Waals surface area contributed by atoms with Gasteiger partial charge in [-0.1, -0.05) is 13.8 Å². The van der Waals surface area contributed by atoms with E-state index in [9.17, 15) is 5.11 Å². The zero-order valence-corrected chi connectivity index (χ0v) is 10.8. The Morgan fingerprint density at radius 3 is 3.06 bits per heavy atom. The van der Waals surface area contributed by atoms with Crippen LogP contribution in [0.3, 0.4) is 0 Å². The Morgan fingerprint density at radius 2 is 2.44 bits per heavy atom. The number of hydrogen-bond donors (Lipinski definition) is 1. The van der Waals surface area contributed by atoms with Crippen LogP contribution in [0.2, 0.25) is 0 Å². The molecule has 1 aliphatic heterocycles. The van der Waals surface area contributed by atoms with Gasteiger partial charge in [-0.05, 0) is 18.8 Å². The number of likely N-dealkylation sites (tertiary alicyclic amines) is 1. The van der Waals surface area contributed by atoms with Crippen molar-refractivity contribution >= 4 is 11.3 Å². The third-order valence-corrected chi connectivity index (χ3v) is 4.27. The van der Waals surface area contributed by atoms with Gasteiger partial charge in [0.05, 0.1) is 16.8 Å². The molecule has 0 saturated carbocycles. The van der Waals surface area contributed by atoms with Gasteiger partial charge in [0.15, 0.2) is 0 Å². The van der Waals surface area contributed by atoms with E-state index in [1.54, 1.807) is 11.3 Å². The quantitative estimate of drug-likeness (QED) is 0.877. The van der Waals surface area contributed by atoms with Crippen molar-refractivity contribution in [2.75, 3.05) is 13.1 Å². The van der Waals surface area contributed by atoms with E-state index in [4.69, 9.17) is 0 Å². The number of piperidine rings is 1. The summed E-state index contributed by atoms with van der Waals surface area (Å²) in [6.45, 7) is 7.18. The molecule has 4 heteroatoms. The molecule has 2 unspecified atom stereocenters. The van der Waals surface area contributed by atoms with Crippen LogP contribution in [-0.2, 0) is 13.0 Å². The van der Waals surface area contributed by atoms with E-state index in [2.05, 4.69) is 29.1 Å². The smallest absolute Gasteiger partial charge is 0.0926 e. The zero-order chi connectivity index (χ0) is 11.5. The van der Waals surface area contributed by atoms with Crippen molar-refractivity contribution in [3.8, 4) is 0 Å². The number of aliphatic hydroxyl groups excluding tert-OH is 1. The normalized spacial score (nSPS) is 27.2. The molecule has 0 aromatic carbocycles. The molecular weight excluding hydrogens is 220 g/mol.